The van der Waals surface area contributed by atoms with Gasteiger partial charge in [0.1, 0.15) is 5.82 Å². The number of anilines is 1. The van der Waals surface area contributed by atoms with Gasteiger partial charge in [-0.1, -0.05) is 37.3 Å². The molecule has 158 valence electrons. The van der Waals surface area contributed by atoms with Gasteiger partial charge in [-0.3, -0.25) is 4.79 Å². The molecule has 0 aliphatic heterocycles. The molecular weight excluding hydrogens is 382 g/mol. The average molecular weight is 409 g/mol. The minimum absolute atomic E-state index is 0.125. The molecule has 0 fully saturated rings. The Bertz CT molecular complexity index is 996. The van der Waals surface area contributed by atoms with Crippen molar-refractivity contribution < 1.29 is 19.0 Å². The van der Waals surface area contributed by atoms with E-state index in [0.29, 0.717) is 35.2 Å². The second kappa shape index (κ2) is 9.82. The van der Waals surface area contributed by atoms with Crippen molar-refractivity contribution in [3.05, 3.63) is 65.4 Å². The number of methoxy groups -OCH3 is 3. The monoisotopic (exact) mass is 409 g/mol. The number of aromatic nitrogens is 2. The molecule has 0 atom stereocenters. The molecule has 1 heterocycles. The molecule has 1 N–H and O–H groups in total. The van der Waals surface area contributed by atoms with E-state index in [1.165, 1.54) is 19.8 Å². The highest BCUT2D eigenvalue weighted by Gasteiger charge is 2.18. The predicted octanol–water partition coefficient (Wildman–Crippen LogP) is 3.70. The number of hydrogen-bond donors (Lipinski definition) is 1. The van der Waals surface area contributed by atoms with Crippen LogP contribution in [0.3, 0.4) is 0 Å². The van der Waals surface area contributed by atoms with Crippen LogP contribution in [0.5, 0.6) is 17.2 Å². The van der Waals surface area contributed by atoms with Crippen LogP contribution >= 0.6 is 0 Å². The summed E-state index contributed by atoms with van der Waals surface area (Å²) in [4.78, 5) is 12.7. The number of aryl methyl sites for hydroxylation is 1. The van der Waals surface area contributed by atoms with E-state index in [1.807, 2.05) is 0 Å². The zero-order chi connectivity index (χ0) is 21.5. The lowest BCUT2D eigenvalue weighted by Crippen LogP contribution is -2.18. The molecular formula is C23H27N3O4. The first kappa shape index (κ1) is 21.2. The van der Waals surface area contributed by atoms with Crippen LogP contribution in [0.2, 0.25) is 0 Å². The first-order valence-electron chi connectivity index (χ1n) is 9.76. The second-order valence-corrected chi connectivity index (χ2v) is 6.76. The summed E-state index contributed by atoms with van der Waals surface area (Å²) in [6.07, 6.45) is 2.80. The van der Waals surface area contributed by atoms with Crippen LogP contribution in [0.25, 0.3) is 0 Å². The van der Waals surface area contributed by atoms with E-state index in [0.717, 1.165) is 12.0 Å². The fourth-order valence-corrected chi connectivity index (χ4v) is 3.28. The third-order valence-corrected chi connectivity index (χ3v) is 4.88. The number of ether oxygens (including phenoxy) is 3. The van der Waals surface area contributed by atoms with Gasteiger partial charge in [-0.15, -0.1) is 0 Å². The highest BCUT2D eigenvalue weighted by molar-refractivity contribution is 5.92. The van der Waals surface area contributed by atoms with E-state index in [-0.39, 0.29) is 12.3 Å². The Hall–Kier alpha value is -3.48. The minimum Gasteiger partial charge on any atom is -0.493 e. The number of nitrogens with zero attached hydrogens (tertiary/aromatic N) is 2. The van der Waals surface area contributed by atoms with Gasteiger partial charge in [-0.2, -0.15) is 5.10 Å². The largest absolute Gasteiger partial charge is 0.493 e. The van der Waals surface area contributed by atoms with Crippen molar-refractivity contribution in [3.63, 3.8) is 0 Å². The predicted molar refractivity (Wildman–Crippen MR) is 116 cm³/mol. The molecule has 0 aliphatic carbocycles. The number of nitrogens with one attached hydrogen (secondary N) is 1. The van der Waals surface area contributed by atoms with Crippen LogP contribution in [-0.2, 0) is 24.2 Å². The summed E-state index contributed by atoms with van der Waals surface area (Å²) in [5.74, 6) is 1.95. The normalized spacial score (nSPS) is 10.5. The molecule has 0 spiro atoms. The molecule has 7 nitrogen and oxygen atoms in total. The highest BCUT2D eigenvalue weighted by atomic mass is 16.5. The summed E-state index contributed by atoms with van der Waals surface area (Å²) in [7, 11) is 4.63. The van der Waals surface area contributed by atoms with Crippen molar-refractivity contribution >= 4 is 11.7 Å². The zero-order valence-corrected chi connectivity index (χ0v) is 17.8. The lowest BCUT2D eigenvalue weighted by atomic mass is 10.1. The summed E-state index contributed by atoms with van der Waals surface area (Å²) < 4.78 is 17.9. The number of hydrogen-bond acceptors (Lipinski definition) is 5. The maximum absolute atomic E-state index is 12.7. The van der Waals surface area contributed by atoms with E-state index in [1.54, 1.807) is 36.2 Å². The molecule has 0 radical (unpaired) electrons. The number of rotatable bonds is 9. The van der Waals surface area contributed by atoms with E-state index < -0.39 is 0 Å². The minimum atomic E-state index is -0.177. The van der Waals surface area contributed by atoms with Crippen molar-refractivity contribution in [3.8, 4) is 17.2 Å². The lowest BCUT2D eigenvalue weighted by Gasteiger charge is -2.16. The van der Waals surface area contributed by atoms with Gasteiger partial charge < -0.3 is 19.5 Å². The molecule has 2 aromatic carbocycles. The Morgan fingerprint density at radius 1 is 0.933 bits per heavy atom. The van der Waals surface area contributed by atoms with E-state index in [4.69, 9.17) is 14.2 Å². The molecule has 1 amide bonds. The first-order chi connectivity index (χ1) is 14.6. The van der Waals surface area contributed by atoms with E-state index in [9.17, 15) is 4.79 Å². The molecule has 7 heteroatoms. The zero-order valence-electron chi connectivity index (χ0n) is 17.8. The Kier molecular flexibility index (Phi) is 6.95. The van der Waals surface area contributed by atoms with Crippen LogP contribution < -0.4 is 19.5 Å². The van der Waals surface area contributed by atoms with E-state index in [2.05, 4.69) is 41.6 Å². The van der Waals surface area contributed by atoms with Crippen LogP contribution in [-0.4, -0.2) is 37.0 Å². The highest BCUT2D eigenvalue weighted by Crippen LogP contribution is 2.39. The lowest BCUT2D eigenvalue weighted by molar-refractivity contribution is -0.115. The van der Waals surface area contributed by atoms with Crippen molar-refractivity contribution in [2.75, 3.05) is 26.6 Å². The second-order valence-electron chi connectivity index (χ2n) is 6.76. The molecule has 0 saturated heterocycles. The average Bonchev–Trinajstić information content (AvgIpc) is 3.19. The molecule has 30 heavy (non-hydrogen) atoms. The van der Waals surface area contributed by atoms with Gasteiger partial charge >= 0.3 is 0 Å². The van der Waals surface area contributed by atoms with E-state index >= 15 is 0 Å². The topological polar surface area (TPSA) is 74.6 Å². The van der Waals surface area contributed by atoms with Gasteiger partial charge in [0.25, 0.3) is 0 Å². The number of carbonyl (C=O) groups excluding carboxylic acids is 1. The summed E-state index contributed by atoms with van der Waals surface area (Å²) in [6.45, 7) is 2.70. The Morgan fingerprint density at radius 3 is 2.27 bits per heavy atom. The molecule has 0 aliphatic rings. The summed E-state index contributed by atoms with van der Waals surface area (Å²) in [6, 6.07) is 13.7. The molecule has 0 saturated carbocycles. The standard InChI is InChI=1S/C23H27N3O4/c1-5-16-6-8-17(9-7-16)15-26-20(12-13-24-26)25-21(27)14-18-10-11-19(28-2)23(30-4)22(18)29-3/h6-13H,5,14-15H2,1-4H3,(H,25,27). The fraction of sp³-hybridized carbons (Fsp3) is 0.304. The van der Waals surface area contributed by atoms with Crippen LogP contribution in [0.4, 0.5) is 5.82 Å². The molecule has 3 aromatic rings. The van der Waals surface area contributed by atoms with Gasteiger partial charge in [0.2, 0.25) is 11.7 Å². The third-order valence-electron chi connectivity index (χ3n) is 4.88. The van der Waals surface area contributed by atoms with Crippen molar-refractivity contribution in [1.82, 2.24) is 9.78 Å². The number of benzene rings is 2. The first-order valence-corrected chi connectivity index (χ1v) is 9.76. The fourth-order valence-electron chi connectivity index (χ4n) is 3.28. The Labute approximate surface area is 176 Å². The maximum Gasteiger partial charge on any atom is 0.230 e. The van der Waals surface area contributed by atoms with Gasteiger partial charge in [-0.25, -0.2) is 4.68 Å². The van der Waals surface area contributed by atoms with Gasteiger partial charge in [-0.05, 0) is 23.6 Å². The molecule has 3 rings (SSSR count). The number of amides is 1. The summed E-state index contributed by atoms with van der Waals surface area (Å²) >= 11 is 0. The van der Waals surface area contributed by atoms with Crippen LogP contribution in [0.1, 0.15) is 23.6 Å². The van der Waals surface area contributed by atoms with Crippen molar-refractivity contribution in [1.29, 1.82) is 0 Å². The van der Waals surface area contributed by atoms with Gasteiger partial charge in [0.05, 0.1) is 40.5 Å². The number of carbonyl (C=O) groups is 1. The van der Waals surface area contributed by atoms with Gasteiger partial charge in [0.15, 0.2) is 11.5 Å². The summed E-state index contributed by atoms with van der Waals surface area (Å²) in [5.41, 5.74) is 3.11. The molecule has 0 bridgehead atoms. The Morgan fingerprint density at radius 2 is 1.63 bits per heavy atom. The SMILES string of the molecule is CCc1ccc(Cn2nccc2NC(=O)Cc2ccc(OC)c(OC)c2OC)cc1. The van der Waals surface area contributed by atoms with Gasteiger partial charge in [0, 0.05) is 11.6 Å². The quantitative estimate of drug-likeness (QED) is 0.583. The molecule has 0 unspecified atom stereocenters. The van der Waals surface area contributed by atoms with Crippen LogP contribution in [0.15, 0.2) is 48.7 Å². The summed E-state index contributed by atoms with van der Waals surface area (Å²) in [5, 5.41) is 7.27. The van der Waals surface area contributed by atoms with Crippen LogP contribution in [0, 0.1) is 0 Å². The smallest absolute Gasteiger partial charge is 0.230 e. The van der Waals surface area contributed by atoms with Crippen molar-refractivity contribution in [2.45, 2.75) is 26.3 Å². The Balaban J connectivity index is 1.72. The third kappa shape index (κ3) is 4.74. The molecule has 1 aromatic heterocycles. The maximum atomic E-state index is 12.7. The van der Waals surface area contributed by atoms with Crippen molar-refractivity contribution in [2.24, 2.45) is 0 Å².